The van der Waals surface area contributed by atoms with Gasteiger partial charge in [-0.15, -0.1) is 0 Å². The van der Waals surface area contributed by atoms with Crippen molar-refractivity contribution in [1.29, 1.82) is 0 Å². The molecule has 0 aliphatic carbocycles. The Morgan fingerprint density at radius 3 is 2.37 bits per heavy atom. The average molecular weight is 366 g/mol. The van der Waals surface area contributed by atoms with Crippen LogP contribution in [0.2, 0.25) is 0 Å². The molecule has 0 saturated heterocycles. The SMILES string of the molecule is Cc1nccn1-c1ccc(CNC(=O)[C@H](c2ccc(F)cc2)N(C)C)cc1. The fourth-order valence-electron chi connectivity index (χ4n) is 3.04. The van der Waals surface area contributed by atoms with Crippen LogP contribution in [0.25, 0.3) is 5.69 Å². The van der Waals surface area contributed by atoms with Crippen LogP contribution in [-0.4, -0.2) is 34.5 Å². The molecule has 5 nitrogen and oxygen atoms in total. The van der Waals surface area contributed by atoms with E-state index in [-0.39, 0.29) is 11.7 Å². The maximum Gasteiger partial charge on any atom is 0.242 e. The van der Waals surface area contributed by atoms with Gasteiger partial charge in [0.15, 0.2) is 0 Å². The number of amides is 1. The van der Waals surface area contributed by atoms with E-state index in [1.165, 1.54) is 12.1 Å². The molecule has 0 aliphatic rings. The number of aryl methyl sites for hydroxylation is 1. The van der Waals surface area contributed by atoms with E-state index in [9.17, 15) is 9.18 Å². The van der Waals surface area contributed by atoms with E-state index >= 15 is 0 Å². The Bertz CT molecular complexity index is 901. The van der Waals surface area contributed by atoms with Crippen LogP contribution in [0.5, 0.6) is 0 Å². The van der Waals surface area contributed by atoms with E-state index in [1.807, 2.05) is 60.9 Å². The lowest BCUT2D eigenvalue weighted by atomic mass is 10.0. The number of nitrogens with zero attached hydrogens (tertiary/aromatic N) is 3. The molecule has 0 saturated carbocycles. The van der Waals surface area contributed by atoms with E-state index in [1.54, 1.807) is 18.3 Å². The van der Waals surface area contributed by atoms with E-state index in [0.29, 0.717) is 6.54 Å². The zero-order valence-electron chi connectivity index (χ0n) is 15.7. The molecule has 1 amide bonds. The van der Waals surface area contributed by atoms with Gasteiger partial charge in [0.05, 0.1) is 0 Å². The maximum absolute atomic E-state index is 13.2. The van der Waals surface area contributed by atoms with Crippen molar-refractivity contribution in [2.24, 2.45) is 0 Å². The van der Waals surface area contributed by atoms with Gasteiger partial charge in [0.25, 0.3) is 0 Å². The van der Waals surface area contributed by atoms with Gasteiger partial charge in [-0.1, -0.05) is 24.3 Å². The molecule has 2 aromatic carbocycles. The molecule has 1 atom stereocenters. The Morgan fingerprint density at radius 2 is 1.81 bits per heavy atom. The minimum absolute atomic E-state index is 0.124. The highest BCUT2D eigenvalue weighted by Gasteiger charge is 2.22. The second-order valence-electron chi connectivity index (χ2n) is 6.65. The third kappa shape index (κ3) is 4.41. The van der Waals surface area contributed by atoms with Crippen LogP contribution in [0.1, 0.15) is 23.0 Å². The van der Waals surface area contributed by atoms with Crippen LogP contribution in [0.3, 0.4) is 0 Å². The topological polar surface area (TPSA) is 50.2 Å². The monoisotopic (exact) mass is 366 g/mol. The lowest BCUT2D eigenvalue weighted by Crippen LogP contribution is -2.36. The first kappa shape index (κ1) is 18.8. The molecule has 1 N–H and O–H groups in total. The average Bonchev–Trinajstić information content (AvgIpc) is 3.08. The second-order valence-corrected chi connectivity index (χ2v) is 6.65. The zero-order valence-corrected chi connectivity index (χ0v) is 15.7. The first-order chi connectivity index (χ1) is 13.0. The lowest BCUT2D eigenvalue weighted by Gasteiger charge is -2.24. The molecule has 1 heterocycles. The molecule has 27 heavy (non-hydrogen) atoms. The third-order valence-corrected chi connectivity index (χ3v) is 4.46. The summed E-state index contributed by atoms with van der Waals surface area (Å²) in [4.78, 5) is 18.7. The number of benzene rings is 2. The fourth-order valence-corrected chi connectivity index (χ4v) is 3.04. The van der Waals surface area contributed by atoms with E-state index in [4.69, 9.17) is 0 Å². The summed E-state index contributed by atoms with van der Waals surface area (Å²) in [5.74, 6) is 0.482. The van der Waals surface area contributed by atoms with Gasteiger partial charge in [-0.05, 0) is 56.4 Å². The van der Waals surface area contributed by atoms with Crippen LogP contribution in [-0.2, 0) is 11.3 Å². The standard InChI is InChI=1S/C21H23FN4O/c1-15-23-12-13-26(15)19-10-4-16(5-11-19)14-24-21(27)20(25(2)3)17-6-8-18(22)9-7-17/h4-13,20H,14H2,1-3H3,(H,24,27)/t20-/m0/s1. The van der Waals surface area contributed by atoms with Crippen molar-refractivity contribution in [2.45, 2.75) is 19.5 Å². The summed E-state index contributed by atoms with van der Waals surface area (Å²) in [5.41, 5.74) is 2.78. The fraction of sp³-hybridized carbons (Fsp3) is 0.238. The molecule has 3 rings (SSSR count). The van der Waals surface area contributed by atoms with E-state index < -0.39 is 6.04 Å². The van der Waals surface area contributed by atoms with Crippen LogP contribution in [0.4, 0.5) is 4.39 Å². The Kier molecular flexibility index (Phi) is 5.66. The number of carbonyl (C=O) groups excluding carboxylic acids is 1. The molecule has 0 bridgehead atoms. The largest absolute Gasteiger partial charge is 0.350 e. The van der Waals surface area contributed by atoms with Crippen molar-refractivity contribution in [1.82, 2.24) is 19.8 Å². The molecule has 0 spiro atoms. The molecule has 0 fully saturated rings. The molecular formula is C21H23FN4O. The minimum Gasteiger partial charge on any atom is -0.350 e. The number of carbonyl (C=O) groups is 1. The number of halogens is 1. The first-order valence-electron chi connectivity index (χ1n) is 8.74. The molecule has 0 aliphatic heterocycles. The van der Waals surface area contributed by atoms with E-state index in [0.717, 1.165) is 22.6 Å². The van der Waals surface area contributed by atoms with Crippen molar-refractivity contribution < 1.29 is 9.18 Å². The molecule has 3 aromatic rings. The Labute approximate surface area is 158 Å². The van der Waals surface area contributed by atoms with Gasteiger partial charge in [0.2, 0.25) is 5.91 Å². The minimum atomic E-state index is -0.474. The number of nitrogens with one attached hydrogen (secondary N) is 1. The van der Waals surface area contributed by atoms with Gasteiger partial charge in [-0.25, -0.2) is 9.37 Å². The first-order valence-corrected chi connectivity index (χ1v) is 8.74. The highest BCUT2D eigenvalue weighted by atomic mass is 19.1. The number of likely N-dealkylation sites (N-methyl/N-ethyl adjacent to an activating group) is 1. The van der Waals surface area contributed by atoms with Gasteiger partial charge >= 0.3 is 0 Å². The molecule has 6 heteroatoms. The molecule has 1 aromatic heterocycles. The van der Waals surface area contributed by atoms with Crippen molar-refractivity contribution in [3.05, 3.63) is 83.7 Å². The summed E-state index contributed by atoms with van der Waals surface area (Å²) < 4.78 is 15.2. The van der Waals surface area contributed by atoms with Gasteiger partial charge in [0.1, 0.15) is 17.7 Å². The summed E-state index contributed by atoms with van der Waals surface area (Å²) in [7, 11) is 3.66. The van der Waals surface area contributed by atoms with Gasteiger partial charge in [-0.2, -0.15) is 0 Å². The molecular weight excluding hydrogens is 343 g/mol. The van der Waals surface area contributed by atoms with Crippen molar-refractivity contribution in [3.8, 4) is 5.69 Å². The molecule has 0 unspecified atom stereocenters. The molecule has 140 valence electrons. The zero-order chi connectivity index (χ0) is 19.4. The maximum atomic E-state index is 13.2. The van der Waals surface area contributed by atoms with Crippen molar-refractivity contribution in [2.75, 3.05) is 14.1 Å². The van der Waals surface area contributed by atoms with Gasteiger partial charge in [-0.3, -0.25) is 9.69 Å². The highest BCUT2D eigenvalue weighted by molar-refractivity contribution is 5.83. The van der Waals surface area contributed by atoms with E-state index in [2.05, 4.69) is 10.3 Å². The van der Waals surface area contributed by atoms with Crippen molar-refractivity contribution in [3.63, 3.8) is 0 Å². The summed E-state index contributed by atoms with van der Waals surface area (Å²) in [6.07, 6.45) is 3.68. The predicted molar refractivity (Wildman–Crippen MR) is 103 cm³/mol. The number of rotatable bonds is 6. The van der Waals surface area contributed by atoms with Crippen LogP contribution in [0.15, 0.2) is 60.9 Å². The van der Waals surface area contributed by atoms with Crippen LogP contribution in [0, 0.1) is 12.7 Å². The molecule has 0 radical (unpaired) electrons. The van der Waals surface area contributed by atoms with Crippen LogP contribution >= 0.6 is 0 Å². The Hall–Kier alpha value is -2.99. The number of imidazole rings is 1. The van der Waals surface area contributed by atoms with Gasteiger partial charge < -0.3 is 9.88 Å². The summed E-state index contributed by atoms with van der Waals surface area (Å²) in [5, 5.41) is 2.97. The normalized spacial score (nSPS) is 12.2. The predicted octanol–water partition coefficient (Wildman–Crippen LogP) is 3.24. The summed E-state index contributed by atoms with van der Waals surface area (Å²) >= 11 is 0. The number of hydrogen-bond acceptors (Lipinski definition) is 3. The smallest absolute Gasteiger partial charge is 0.242 e. The Balaban J connectivity index is 1.67. The van der Waals surface area contributed by atoms with Crippen LogP contribution < -0.4 is 5.32 Å². The Morgan fingerprint density at radius 1 is 1.15 bits per heavy atom. The number of hydrogen-bond donors (Lipinski definition) is 1. The van der Waals surface area contributed by atoms with Gasteiger partial charge in [0, 0.05) is 24.6 Å². The summed E-state index contributed by atoms with van der Waals surface area (Å²) in [6, 6.07) is 13.5. The lowest BCUT2D eigenvalue weighted by molar-refractivity contribution is -0.125. The number of aromatic nitrogens is 2. The summed E-state index contributed by atoms with van der Waals surface area (Å²) in [6.45, 7) is 2.37. The third-order valence-electron chi connectivity index (χ3n) is 4.46. The quantitative estimate of drug-likeness (QED) is 0.729. The van der Waals surface area contributed by atoms with Crippen molar-refractivity contribution >= 4 is 5.91 Å². The second kappa shape index (κ2) is 8.14. The highest BCUT2D eigenvalue weighted by Crippen LogP contribution is 2.19.